The van der Waals surface area contributed by atoms with Gasteiger partial charge < -0.3 is 14.6 Å². The maximum Gasteiger partial charge on any atom is 0.0958 e. The van der Waals surface area contributed by atoms with E-state index in [1.54, 1.807) is 0 Å². The average molecular weight is 259 g/mol. The van der Waals surface area contributed by atoms with Gasteiger partial charge in [-0.05, 0) is 25.1 Å². The third-order valence-corrected chi connectivity index (χ3v) is 3.92. The van der Waals surface area contributed by atoms with E-state index in [1.165, 1.54) is 5.52 Å². The van der Waals surface area contributed by atoms with Crippen molar-refractivity contribution in [3.05, 3.63) is 30.6 Å². The van der Waals surface area contributed by atoms with Crippen LogP contribution in [0.25, 0.3) is 11.0 Å². The van der Waals surface area contributed by atoms with Crippen molar-refractivity contribution in [3.8, 4) is 0 Å². The number of aromatic nitrogens is 2. The molecule has 19 heavy (non-hydrogen) atoms. The molecule has 0 aliphatic carbocycles. The van der Waals surface area contributed by atoms with E-state index in [0.717, 1.165) is 38.2 Å². The minimum atomic E-state index is 0.463. The molecule has 4 nitrogen and oxygen atoms in total. The van der Waals surface area contributed by atoms with Gasteiger partial charge in [0.05, 0.1) is 24.0 Å². The first-order chi connectivity index (χ1) is 9.38. The van der Waals surface area contributed by atoms with Crippen molar-refractivity contribution in [1.29, 1.82) is 0 Å². The minimum absolute atomic E-state index is 0.463. The van der Waals surface area contributed by atoms with E-state index in [2.05, 4.69) is 40.0 Å². The van der Waals surface area contributed by atoms with E-state index in [4.69, 9.17) is 4.74 Å². The first-order valence-electron chi connectivity index (χ1n) is 7.09. The number of nitrogens with zero attached hydrogens (tertiary/aromatic N) is 2. The standard InChI is InChI=1S/C15H21N3O/c1-2-16-14(12-7-8-19-10-12)9-18-11-17-13-5-3-4-6-15(13)18/h3-6,11-12,14,16H,2,7-10H2,1H3. The van der Waals surface area contributed by atoms with E-state index in [1.807, 2.05) is 12.4 Å². The van der Waals surface area contributed by atoms with E-state index in [0.29, 0.717) is 12.0 Å². The van der Waals surface area contributed by atoms with Crippen LogP contribution in [0.1, 0.15) is 13.3 Å². The van der Waals surface area contributed by atoms with Crippen LogP contribution in [0.4, 0.5) is 0 Å². The van der Waals surface area contributed by atoms with Crippen molar-refractivity contribution in [1.82, 2.24) is 14.9 Å². The molecule has 0 amide bonds. The zero-order chi connectivity index (χ0) is 13.1. The molecule has 0 spiro atoms. The second-order valence-electron chi connectivity index (χ2n) is 5.17. The zero-order valence-electron chi connectivity index (χ0n) is 11.4. The van der Waals surface area contributed by atoms with Gasteiger partial charge in [-0.2, -0.15) is 0 Å². The van der Waals surface area contributed by atoms with Crippen molar-refractivity contribution in [2.24, 2.45) is 5.92 Å². The molecule has 0 radical (unpaired) electrons. The Labute approximate surface area is 113 Å². The minimum Gasteiger partial charge on any atom is -0.381 e. The Morgan fingerprint density at radius 3 is 3.16 bits per heavy atom. The fourth-order valence-corrected chi connectivity index (χ4v) is 2.88. The normalized spacial score (nSPS) is 21.0. The van der Waals surface area contributed by atoms with E-state index < -0.39 is 0 Å². The molecular formula is C15H21N3O. The number of imidazole rings is 1. The summed E-state index contributed by atoms with van der Waals surface area (Å²) in [5, 5.41) is 3.60. The number of ether oxygens (including phenoxy) is 1. The van der Waals surface area contributed by atoms with Crippen LogP contribution in [0.3, 0.4) is 0 Å². The first-order valence-corrected chi connectivity index (χ1v) is 7.09. The summed E-state index contributed by atoms with van der Waals surface area (Å²) in [4.78, 5) is 4.46. The number of fused-ring (bicyclic) bond motifs is 1. The third-order valence-electron chi connectivity index (χ3n) is 3.92. The van der Waals surface area contributed by atoms with Gasteiger partial charge in [0, 0.05) is 25.1 Å². The van der Waals surface area contributed by atoms with E-state index in [-0.39, 0.29) is 0 Å². The molecule has 1 aromatic heterocycles. The molecule has 4 heteroatoms. The molecule has 2 unspecified atom stereocenters. The molecule has 1 fully saturated rings. The largest absolute Gasteiger partial charge is 0.381 e. The molecule has 1 N–H and O–H groups in total. The third kappa shape index (κ3) is 2.65. The van der Waals surface area contributed by atoms with Gasteiger partial charge in [-0.1, -0.05) is 19.1 Å². The van der Waals surface area contributed by atoms with Gasteiger partial charge in [0.15, 0.2) is 0 Å². The molecule has 1 saturated heterocycles. The maximum atomic E-state index is 5.53. The quantitative estimate of drug-likeness (QED) is 0.893. The lowest BCUT2D eigenvalue weighted by Crippen LogP contribution is -2.39. The van der Waals surface area contributed by atoms with Gasteiger partial charge in [-0.15, -0.1) is 0 Å². The smallest absolute Gasteiger partial charge is 0.0958 e. The summed E-state index contributed by atoms with van der Waals surface area (Å²) < 4.78 is 7.78. The average Bonchev–Trinajstić information content (AvgIpc) is 3.08. The Morgan fingerprint density at radius 1 is 1.47 bits per heavy atom. The van der Waals surface area contributed by atoms with E-state index >= 15 is 0 Å². The maximum absolute atomic E-state index is 5.53. The summed E-state index contributed by atoms with van der Waals surface area (Å²) in [6, 6.07) is 8.77. The number of hydrogen-bond donors (Lipinski definition) is 1. The fraction of sp³-hybridized carbons (Fsp3) is 0.533. The van der Waals surface area contributed by atoms with Crippen molar-refractivity contribution in [2.45, 2.75) is 25.9 Å². The van der Waals surface area contributed by atoms with Crippen LogP contribution in [-0.4, -0.2) is 35.4 Å². The highest BCUT2D eigenvalue weighted by Crippen LogP contribution is 2.20. The molecule has 0 bridgehead atoms. The van der Waals surface area contributed by atoms with Gasteiger partial charge in [0.2, 0.25) is 0 Å². The lowest BCUT2D eigenvalue weighted by atomic mass is 9.99. The first kappa shape index (κ1) is 12.6. The second-order valence-corrected chi connectivity index (χ2v) is 5.17. The number of para-hydroxylation sites is 2. The summed E-state index contributed by atoms with van der Waals surface area (Å²) in [6.45, 7) is 5.90. The molecule has 2 heterocycles. The van der Waals surface area contributed by atoms with Gasteiger partial charge in [-0.25, -0.2) is 4.98 Å². The van der Waals surface area contributed by atoms with Crippen LogP contribution in [0.5, 0.6) is 0 Å². The van der Waals surface area contributed by atoms with Gasteiger partial charge >= 0.3 is 0 Å². The molecule has 1 aromatic carbocycles. The van der Waals surface area contributed by atoms with Gasteiger partial charge in [0.25, 0.3) is 0 Å². The van der Waals surface area contributed by atoms with Crippen LogP contribution >= 0.6 is 0 Å². The summed E-state index contributed by atoms with van der Waals surface area (Å²) >= 11 is 0. The predicted octanol–water partition coefficient (Wildman–Crippen LogP) is 2.05. The van der Waals surface area contributed by atoms with Crippen LogP contribution in [-0.2, 0) is 11.3 Å². The Hall–Kier alpha value is -1.39. The van der Waals surface area contributed by atoms with Crippen LogP contribution in [0, 0.1) is 5.92 Å². The van der Waals surface area contributed by atoms with Crippen molar-refractivity contribution in [2.75, 3.05) is 19.8 Å². The van der Waals surface area contributed by atoms with Crippen molar-refractivity contribution >= 4 is 11.0 Å². The Balaban J connectivity index is 1.80. The Morgan fingerprint density at radius 2 is 2.37 bits per heavy atom. The molecule has 102 valence electrons. The molecule has 2 aromatic rings. The topological polar surface area (TPSA) is 39.1 Å². The van der Waals surface area contributed by atoms with Crippen LogP contribution in [0.15, 0.2) is 30.6 Å². The lowest BCUT2D eigenvalue weighted by Gasteiger charge is -2.24. The van der Waals surface area contributed by atoms with Crippen LogP contribution < -0.4 is 5.32 Å². The summed E-state index contributed by atoms with van der Waals surface area (Å²) in [5.41, 5.74) is 2.28. The van der Waals surface area contributed by atoms with E-state index in [9.17, 15) is 0 Å². The number of rotatable bonds is 5. The Bertz CT molecular complexity index is 531. The lowest BCUT2D eigenvalue weighted by molar-refractivity contribution is 0.174. The summed E-state index contributed by atoms with van der Waals surface area (Å²) in [5.74, 6) is 0.612. The Kier molecular flexibility index (Phi) is 3.80. The van der Waals surface area contributed by atoms with Crippen molar-refractivity contribution in [3.63, 3.8) is 0 Å². The van der Waals surface area contributed by atoms with Gasteiger partial charge in [-0.3, -0.25) is 0 Å². The highest BCUT2D eigenvalue weighted by atomic mass is 16.5. The second kappa shape index (κ2) is 5.72. The molecule has 0 saturated carbocycles. The SMILES string of the molecule is CCNC(Cn1cnc2ccccc21)C1CCOC1. The fourth-order valence-electron chi connectivity index (χ4n) is 2.88. The molecule has 1 aliphatic heterocycles. The highest BCUT2D eigenvalue weighted by molar-refractivity contribution is 5.74. The summed E-state index contributed by atoms with van der Waals surface area (Å²) in [6.07, 6.45) is 3.11. The number of hydrogen-bond acceptors (Lipinski definition) is 3. The number of likely N-dealkylation sites (N-methyl/N-ethyl adjacent to an activating group) is 1. The molecular weight excluding hydrogens is 238 g/mol. The zero-order valence-corrected chi connectivity index (χ0v) is 11.4. The number of nitrogens with one attached hydrogen (secondary N) is 1. The summed E-state index contributed by atoms with van der Waals surface area (Å²) in [7, 11) is 0. The van der Waals surface area contributed by atoms with Gasteiger partial charge in [0.1, 0.15) is 0 Å². The molecule has 1 aliphatic rings. The molecule has 2 atom stereocenters. The molecule has 3 rings (SSSR count). The highest BCUT2D eigenvalue weighted by Gasteiger charge is 2.25. The van der Waals surface area contributed by atoms with Crippen molar-refractivity contribution < 1.29 is 4.74 Å². The monoisotopic (exact) mass is 259 g/mol. The van der Waals surface area contributed by atoms with Crippen LogP contribution in [0.2, 0.25) is 0 Å². The predicted molar refractivity (Wildman–Crippen MR) is 76.1 cm³/mol. The number of benzene rings is 1.